The van der Waals surface area contributed by atoms with Gasteiger partial charge in [0.15, 0.2) is 5.54 Å². The van der Waals surface area contributed by atoms with E-state index in [9.17, 15) is 14.3 Å². The van der Waals surface area contributed by atoms with Gasteiger partial charge in [0.1, 0.15) is 5.82 Å². The first-order chi connectivity index (χ1) is 17.2. The van der Waals surface area contributed by atoms with Crippen LogP contribution in [0.1, 0.15) is 56.2 Å². The number of carbonyl (C=O) groups is 1. The number of aliphatic carboxylic acids is 1. The van der Waals surface area contributed by atoms with Crippen molar-refractivity contribution in [2.45, 2.75) is 63.1 Å². The van der Waals surface area contributed by atoms with Gasteiger partial charge in [-0.1, -0.05) is 42.8 Å². The molecule has 1 fully saturated rings. The van der Waals surface area contributed by atoms with Crippen molar-refractivity contribution in [1.29, 1.82) is 0 Å². The van der Waals surface area contributed by atoms with E-state index >= 15 is 0 Å². The molecule has 5 nitrogen and oxygen atoms in total. The maximum Gasteiger partial charge on any atom is 0.334 e. The zero-order chi connectivity index (χ0) is 25.9. The number of halogens is 2. The number of rotatable bonds is 9. The highest BCUT2D eigenvalue weighted by Gasteiger charge is 2.54. The number of hydrogen-bond acceptors (Lipinski definition) is 4. The summed E-state index contributed by atoms with van der Waals surface area (Å²) in [5.74, 6) is -0.477. The summed E-state index contributed by atoms with van der Waals surface area (Å²) in [6, 6.07) is 14.3. The maximum absolute atomic E-state index is 14.0. The van der Waals surface area contributed by atoms with Crippen LogP contribution in [0.15, 0.2) is 53.5 Å². The van der Waals surface area contributed by atoms with Crippen LogP contribution in [0, 0.1) is 17.7 Å². The van der Waals surface area contributed by atoms with Crippen LogP contribution < -0.4 is 0 Å². The first-order valence-electron chi connectivity index (χ1n) is 13.0. The highest BCUT2D eigenvalue weighted by atomic mass is 35.5. The van der Waals surface area contributed by atoms with E-state index in [1.807, 2.05) is 30.3 Å². The molecule has 0 bridgehead atoms. The van der Waals surface area contributed by atoms with Crippen LogP contribution in [-0.4, -0.2) is 59.4 Å². The van der Waals surface area contributed by atoms with E-state index in [1.54, 1.807) is 18.5 Å². The third-order valence-electron chi connectivity index (χ3n) is 7.98. The Morgan fingerprint density at radius 2 is 1.89 bits per heavy atom. The molecule has 1 N–H and O–H groups in total. The fourth-order valence-corrected chi connectivity index (χ4v) is 6.62. The number of benzene rings is 2. The Bertz CT molecular complexity index is 1070. The van der Waals surface area contributed by atoms with E-state index in [0.717, 1.165) is 49.8 Å². The second-order valence-electron chi connectivity index (χ2n) is 10.6. The summed E-state index contributed by atoms with van der Waals surface area (Å²) >= 11 is 6.08. The van der Waals surface area contributed by atoms with E-state index in [4.69, 9.17) is 16.6 Å². The lowest BCUT2D eigenvalue weighted by Gasteiger charge is -2.44. The number of carboxylic acids is 1. The summed E-state index contributed by atoms with van der Waals surface area (Å²) in [4.78, 5) is 21.9. The first-order valence-corrected chi connectivity index (χ1v) is 13.3. The van der Waals surface area contributed by atoms with Crippen LogP contribution in [0.2, 0.25) is 5.02 Å². The molecule has 0 amide bonds. The van der Waals surface area contributed by atoms with Crippen molar-refractivity contribution in [2.75, 3.05) is 20.6 Å². The molecule has 0 radical (unpaired) electrons. The highest BCUT2D eigenvalue weighted by molar-refractivity contribution is 6.30. The van der Waals surface area contributed by atoms with Crippen LogP contribution in [0.3, 0.4) is 0 Å². The fraction of sp³-hybridized carbons (Fsp3) is 0.517. The van der Waals surface area contributed by atoms with E-state index in [0.29, 0.717) is 17.4 Å². The molecule has 2 aliphatic rings. The molecule has 4 rings (SSSR count). The summed E-state index contributed by atoms with van der Waals surface area (Å²) < 4.78 is 14.0. The molecule has 3 unspecified atom stereocenters. The molecule has 1 saturated carbocycles. The predicted molar refractivity (Wildman–Crippen MR) is 143 cm³/mol. The average Bonchev–Trinajstić information content (AvgIpc) is 3.20. The SMILES string of the molecule is CCCN1C=NC(Cc2ccc(Cl)cc2)(C(=O)O)C1C1CCC(C(c2cccc(F)c2)N(C)C)CC1. The Kier molecular flexibility index (Phi) is 8.36. The van der Waals surface area contributed by atoms with Crippen molar-refractivity contribution in [1.82, 2.24) is 9.80 Å². The lowest BCUT2D eigenvalue weighted by atomic mass is 9.68. The Morgan fingerprint density at radius 1 is 1.19 bits per heavy atom. The Morgan fingerprint density at radius 3 is 2.47 bits per heavy atom. The van der Waals surface area contributed by atoms with Gasteiger partial charge in [-0.2, -0.15) is 0 Å². The molecule has 2 aromatic carbocycles. The zero-order valence-corrected chi connectivity index (χ0v) is 22.2. The van der Waals surface area contributed by atoms with Gasteiger partial charge in [-0.3, -0.25) is 4.99 Å². The molecular formula is C29H37ClFN3O2. The standard InChI is InChI=1S/C29H37ClFN3O2/c1-4-16-34-19-32-29(28(35)36,18-20-8-14-24(30)15-9-20)27(34)22-12-10-21(11-13-22)26(33(2)3)23-6-5-7-25(31)17-23/h5-9,14-15,17,19,21-22,26-27H,4,10-13,16,18H2,1-3H3,(H,35,36). The van der Waals surface area contributed by atoms with Crippen LogP contribution >= 0.6 is 11.6 Å². The quantitative estimate of drug-likeness (QED) is 0.441. The van der Waals surface area contributed by atoms with Crippen molar-refractivity contribution < 1.29 is 14.3 Å². The average molecular weight is 514 g/mol. The van der Waals surface area contributed by atoms with Gasteiger partial charge in [0, 0.05) is 24.0 Å². The summed E-state index contributed by atoms with van der Waals surface area (Å²) in [5.41, 5.74) is 0.710. The van der Waals surface area contributed by atoms with Crippen LogP contribution in [-0.2, 0) is 11.2 Å². The summed E-state index contributed by atoms with van der Waals surface area (Å²) in [5, 5.41) is 11.2. The molecule has 194 valence electrons. The second-order valence-corrected chi connectivity index (χ2v) is 11.0. The third-order valence-corrected chi connectivity index (χ3v) is 8.23. The van der Waals surface area contributed by atoms with E-state index in [-0.39, 0.29) is 23.8 Å². The fourth-order valence-electron chi connectivity index (χ4n) is 6.50. The normalized spacial score (nSPS) is 26.9. The second kappa shape index (κ2) is 11.3. The largest absolute Gasteiger partial charge is 0.479 e. The van der Waals surface area contributed by atoms with Crippen LogP contribution in [0.25, 0.3) is 0 Å². The van der Waals surface area contributed by atoms with E-state index in [2.05, 4.69) is 30.8 Å². The van der Waals surface area contributed by atoms with Gasteiger partial charge in [0.2, 0.25) is 0 Å². The maximum atomic E-state index is 14.0. The lowest BCUT2D eigenvalue weighted by Crippen LogP contribution is -2.57. The summed E-state index contributed by atoms with van der Waals surface area (Å²) in [6.07, 6.45) is 6.83. The minimum absolute atomic E-state index is 0.131. The van der Waals surface area contributed by atoms with Crippen molar-refractivity contribution in [3.8, 4) is 0 Å². The third kappa shape index (κ3) is 5.45. The molecule has 2 aromatic rings. The molecule has 0 aromatic heterocycles. The summed E-state index contributed by atoms with van der Waals surface area (Å²) in [7, 11) is 4.11. The van der Waals surface area contributed by atoms with Gasteiger partial charge < -0.3 is 14.9 Å². The van der Waals surface area contributed by atoms with Gasteiger partial charge in [-0.25, -0.2) is 9.18 Å². The van der Waals surface area contributed by atoms with Gasteiger partial charge in [0.05, 0.1) is 12.4 Å². The molecule has 1 aliphatic heterocycles. The van der Waals surface area contributed by atoms with Crippen molar-refractivity contribution >= 4 is 23.9 Å². The predicted octanol–water partition coefficient (Wildman–Crippen LogP) is 6.08. The molecule has 0 saturated heterocycles. The molecule has 3 atom stereocenters. The van der Waals surface area contributed by atoms with Gasteiger partial charge in [0.25, 0.3) is 0 Å². The van der Waals surface area contributed by atoms with Crippen molar-refractivity contribution in [2.24, 2.45) is 16.8 Å². The Balaban J connectivity index is 1.57. The first kappa shape index (κ1) is 26.6. The molecule has 0 spiro atoms. The van der Waals surface area contributed by atoms with E-state index < -0.39 is 11.5 Å². The Hall–Kier alpha value is -2.44. The van der Waals surface area contributed by atoms with Gasteiger partial charge in [-0.05, 0) is 93.4 Å². The minimum Gasteiger partial charge on any atom is -0.479 e. The van der Waals surface area contributed by atoms with Crippen molar-refractivity contribution in [3.05, 3.63) is 70.5 Å². The topological polar surface area (TPSA) is 56.1 Å². The minimum atomic E-state index is -1.22. The summed E-state index contributed by atoms with van der Waals surface area (Å²) in [6.45, 7) is 2.90. The van der Waals surface area contributed by atoms with E-state index in [1.165, 1.54) is 6.07 Å². The number of hydrogen-bond donors (Lipinski definition) is 1. The zero-order valence-electron chi connectivity index (χ0n) is 21.4. The van der Waals surface area contributed by atoms with Gasteiger partial charge in [-0.15, -0.1) is 0 Å². The molecule has 1 heterocycles. The number of aliphatic imine (C=N–C) groups is 1. The number of nitrogens with zero attached hydrogens (tertiary/aromatic N) is 3. The Labute approximate surface area is 219 Å². The molecule has 1 aliphatic carbocycles. The molecule has 7 heteroatoms. The van der Waals surface area contributed by atoms with Crippen LogP contribution in [0.4, 0.5) is 4.39 Å². The number of carboxylic acid groups (broad SMARTS) is 1. The molecular weight excluding hydrogens is 477 g/mol. The lowest BCUT2D eigenvalue weighted by molar-refractivity contribution is -0.145. The highest BCUT2D eigenvalue weighted by Crippen LogP contribution is 2.45. The molecule has 36 heavy (non-hydrogen) atoms. The van der Waals surface area contributed by atoms with Gasteiger partial charge >= 0.3 is 5.97 Å². The monoisotopic (exact) mass is 513 g/mol. The van der Waals surface area contributed by atoms with Crippen molar-refractivity contribution in [3.63, 3.8) is 0 Å². The van der Waals surface area contributed by atoms with Crippen LogP contribution in [0.5, 0.6) is 0 Å². The smallest absolute Gasteiger partial charge is 0.334 e.